The van der Waals surface area contributed by atoms with E-state index in [0.717, 1.165) is 18.8 Å². The first-order valence-corrected chi connectivity index (χ1v) is 6.64. The Hall–Kier alpha value is -0.840. The number of nitrogens with two attached hydrogens (primary N) is 1. The Bertz CT molecular complexity index is 391. The highest BCUT2D eigenvalue weighted by molar-refractivity contribution is 7.10. The van der Waals surface area contributed by atoms with E-state index >= 15 is 0 Å². The van der Waals surface area contributed by atoms with E-state index in [9.17, 15) is 0 Å². The lowest BCUT2D eigenvalue weighted by molar-refractivity contribution is 0.701. The fourth-order valence-electron chi connectivity index (χ4n) is 1.37. The van der Waals surface area contributed by atoms with Crippen molar-refractivity contribution in [1.29, 1.82) is 0 Å². The minimum Gasteiger partial charge on any atom is -0.398 e. The maximum absolute atomic E-state index is 5.80. The zero-order valence-electron chi connectivity index (χ0n) is 8.62. The summed E-state index contributed by atoms with van der Waals surface area (Å²) >= 11 is 3.46. The fourth-order valence-corrected chi connectivity index (χ4v) is 3.00. The number of nitrogen functional groups attached to an aromatic ring is 1. The van der Waals surface area contributed by atoms with E-state index in [2.05, 4.69) is 23.0 Å². The van der Waals surface area contributed by atoms with Gasteiger partial charge in [0.15, 0.2) is 0 Å². The second-order valence-corrected chi connectivity index (χ2v) is 5.23. The average Bonchev–Trinajstić information content (AvgIpc) is 2.78. The Kier molecular flexibility index (Phi) is 3.41. The highest BCUT2D eigenvalue weighted by Gasteiger charge is 2.01. The molecule has 0 aromatic carbocycles. The zero-order chi connectivity index (χ0) is 10.7. The number of nitrogens with one attached hydrogen (secondary N) is 1. The molecule has 0 fully saturated rings. The summed E-state index contributed by atoms with van der Waals surface area (Å²) in [4.78, 5) is 1.22. The van der Waals surface area contributed by atoms with Gasteiger partial charge < -0.3 is 11.1 Å². The summed E-state index contributed by atoms with van der Waals surface area (Å²) < 4.78 is 0. The Labute approximate surface area is 97.8 Å². The molecule has 2 aromatic rings. The number of rotatable bonds is 4. The molecule has 2 nitrogen and oxygen atoms in total. The first-order valence-electron chi connectivity index (χ1n) is 4.81. The van der Waals surface area contributed by atoms with Gasteiger partial charge in [0.2, 0.25) is 0 Å². The van der Waals surface area contributed by atoms with Gasteiger partial charge in [-0.25, -0.2) is 0 Å². The molecule has 80 valence electrons. The van der Waals surface area contributed by atoms with Crippen LogP contribution in [0.1, 0.15) is 16.0 Å². The fraction of sp³-hybridized carbons (Fsp3) is 0.273. The van der Waals surface area contributed by atoms with Crippen molar-refractivity contribution in [2.24, 2.45) is 0 Å². The molecular formula is C11H14N2S2. The van der Waals surface area contributed by atoms with Gasteiger partial charge in [0.25, 0.3) is 0 Å². The molecule has 0 aliphatic rings. The first kappa shape index (κ1) is 10.7. The van der Waals surface area contributed by atoms with Crippen LogP contribution in [0.25, 0.3) is 0 Å². The summed E-state index contributed by atoms with van der Waals surface area (Å²) in [5, 5.41) is 9.81. The predicted octanol–water partition coefficient (Wildman–Crippen LogP) is 2.99. The SMILES string of the molecule is Cc1cscc1CNCc1sccc1N. The van der Waals surface area contributed by atoms with Crippen LogP contribution in [-0.2, 0) is 13.1 Å². The number of hydrogen-bond donors (Lipinski definition) is 2. The van der Waals surface area contributed by atoms with Crippen molar-refractivity contribution in [1.82, 2.24) is 5.32 Å². The third kappa shape index (κ3) is 2.59. The molecule has 2 aromatic heterocycles. The largest absolute Gasteiger partial charge is 0.398 e. The summed E-state index contributed by atoms with van der Waals surface area (Å²) in [7, 11) is 0. The molecule has 0 atom stereocenters. The molecule has 0 aliphatic heterocycles. The quantitative estimate of drug-likeness (QED) is 0.859. The van der Waals surface area contributed by atoms with Crippen LogP contribution in [0.5, 0.6) is 0 Å². The van der Waals surface area contributed by atoms with E-state index in [4.69, 9.17) is 5.73 Å². The molecule has 0 bridgehead atoms. The van der Waals surface area contributed by atoms with Crippen molar-refractivity contribution in [3.8, 4) is 0 Å². The van der Waals surface area contributed by atoms with Crippen molar-refractivity contribution in [2.45, 2.75) is 20.0 Å². The van der Waals surface area contributed by atoms with Gasteiger partial charge in [-0.3, -0.25) is 0 Å². The number of thiophene rings is 2. The lowest BCUT2D eigenvalue weighted by Gasteiger charge is -2.03. The van der Waals surface area contributed by atoms with E-state index in [1.807, 2.05) is 11.4 Å². The van der Waals surface area contributed by atoms with Crippen LogP contribution in [0, 0.1) is 6.92 Å². The monoisotopic (exact) mass is 238 g/mol. The molecule has 15 heavy (non-hydrogen) atoms. The summed E-state index contributed by atoms with van der Waals surface area (Å²) in [6, 6.07) is 1.96. The van der Waals surface area contributed by atoms with Gasteiger partial charge in [-0.2, -0.15) is 11.3 Å². The summed E-state index contributed by atoms with van der Waals surface area (Å²) in [6.07, 6.45) is 0. The van der Waals surface area contributed by atoms with Crippen LogP contribution in [-0.4, -0.2) is 0 Å². The van der Waals surface area contributed by atoms with Crippen LogP contribution in [0.3, 0.4) is 0 Å². The van der Waals surface area contributed by atoms with Crippen molar-refractivity contribution in [3.05, 3.63) is 38.2 Å². The lowest BCUT2D eigenvalue weighted by Crippen LogP contribution is -2.12. The Morgan fingerprint density at radius 1 is 1.33 bits per heavy atom. The molecule has 2 rings (SSSR count). The standard InChI is InChI=1S/C11H14N2S2/c1-8-6-14-7-9(8)4-13-5-11-10(12)2-3-15-11/h2-3,6-7,13H,4-5,12H2,1H3. The maximum Gasteiger partial charge on any atom is 0.0468 e. The van der Waals surface area contributed by atoms with E-state index in [-0.39, 0.29) is 0 Å². The Morgan fingerprint density at radius 3 is 2.80 bits per heavy atom. The van der Waals surface area contributed by atoms with Crippen molar-refractivity contribution in [3.63, 3.8) is 0 Å². The minimum absolute atomic E-state index is 0.860. The second-order valence-electron chi connectivity index (χ2n) is 3.48. The molecule has 3 N–H and O–H groups in total. The third-order valence-electron chi connectivity index (χ3n) is 2.34. The molecule has 4 heteroatoms. The highest BCUT2D eigenvalue weighted by atomic mass is 32.1. The zero-order valence-corrected chi connectivity index (χ0v) is 10.3. The highest BCUT2D eigenvalue weighted by Crippen LogP contribution is 2.19. The van der Waals surface area contributed by atoms with Crippen LogP contribution in [0.15, 0.2) is 22.2 Å². The van der Waals surface area contributed by atoms with Gasteiger partial charge in [-0.1, -0.05) is 0 Å². The molecule has 0 radical (unpaired) electrons. The van der Waals surface area contributed by atoms with Gasteiger partial charge >= 0.3 is 0 Å². The average molecular weight is 238 g/mol. The van der Waals surface area contributed by atoms with Gasteiger partial charge in [-0.15, -0.1) is 11.3 Å². The van der Waals surface area contributed by atoms with Crippen molar-refractivity contribution >= 4 is 28.4 Å². The van der Waals surface area contributed by atoms with Crippen molar-refractivity contribution in [2.75, 3.05) is 5.73 Å². The van der Waals surface area contributed by atoms with Gasteiger partial charge in [0.05, 0.1) is 0 Å². The first-order chi connectivity index (χ1) is 7.27. The van der Waals surface area contributed by atoms with Gasteiger partial charge in [0.1, 0.15) is 0 Å². The summed E-state index contributed by atoms with van der Waals surface area (Å²) in [5.41, 5.74) is 9.45. The van der Waals surface area contributed by atoms with Crippen LogP contribution in [0.4, 0.5) is 5.69 Å². The molecule has 2 heterocycles. The van der Waals surface area contributed by atoms with Crippen LogP contribution >= 0.6 is 22.7 Å². The van der Waals surface area contributed by atoms with Crippen LogP contribution in [0.2, 0.25) is 0 Å². The van der Waals surface area contributed by atoms with E-state index < -0.39 is 0 Å². The summed E-state index contributed by atoms with van der Waals surface area (Å²) in [6.45, 7) is 3.93. The third-order valence-corrected chi connectivity index (χ3v) is 4.19. The molecule has 0 saturated carbocycles. The molecule has 0 amide bonds. The van der Waals surface area contributed by atoms with E-state index in [1.54, 1.807) is 22.7 Å². The van der Waals surface area contributed by atoms with Gasteiger partial charge in [0, 0.05) is 23.7 Å². The Balaban J connectivity index is 1.86. The minimum atomic E-state index is 0.860. The van der Waals surface area contributed by atoms with Gasteiger partial charge in [-0.05, 0) is 40.3 Å². The number of anilines is 1. The Morgan fingerprint density at radius 2 is 2.20 bits per heavy atom. The maximum atomic E-state index is 5.80. The smallest absolute Gasteiger partial charge is 0.0468 e. The lowest BCUT2D eigenvalue weighted by atomic mass is 10.2. The topological polar surface area (TPSA) is 38.0 Å². The predicted molar refractivity (Wildman–Crippen MR) is 68.3 cm³/mol. The summed E-state index contributed by atoms with van der Waals surface area (Å²) in [5.74, 6) is 0. The second kappa shape index (κ2) is 4.79. The number of aryl methyl sites for hydroxylation is 1. The molecule has 0 aliphatic carbocycles. The van der Waals surface area contributed by atoms with E-state index in [1.165, 1.54) is 16.0 Å². The number of hydrogen-bond acceptors (Lipinski definition) is 4. The normalized spacial score (nSPS) is 10.7. The molecular weight excluding hydrogens is 224 g/mol. The molecule has 0 unspecified atom stereocenters. The molecule has 0 saturated heterocycles. The molecule has 0 spiro atoms. The van der Waals surface area contributed by atoms with Crippen LogP contribution < -0.4 is 11.1 Å². The van der Waals surface area contributed by atoms with Crippen molar-refractivity contribution < 1.29 is 0 Å². The van der Waals surface area contributed by atoms with E-state index in [0.29, 0.717) is 0 Å².